The zero-order valence-corrected chi connectivity index (χ0v) is 15.8. The Labute approximate surface area is 158 Å². The molecule has 1 unspecified atom stereocenters. The van der Waals surface area contributed by atoms with Crippen LogP contribution in [-0.2, 0) is 11.3 Å². The number of carbonyl (C=O) groups excluding carboxylic acids is 1. The molecule has 0 aliphatic heterocycles. The van der Waals surface area contributed by atoms with Crippen LogP contribution >= 0.6 is 12.2 Å². The van der Waals surface area contributed by atoms with Crippen molar-refractivity contribution in [2.45, 2.75) is 33.4 Å². The van der Waals surface area contributed by atoms with E-state index in [1.165, 1.54) is 13.0 Å². The number of nitrogens with zero attached hydrogens (tertiary/aromatic N) is 1. The molecule has 6 heteroatoms. The quantitative estimate of drug-likeness (QED) is 0.737. The fourth-order valence-electron chi connectivity index (χ4n) is 2.79. The molecule has 2 aromatic rings. The Morgan fingerprint density at radius 2 is 1.81 bits per heavy atom. The summed E-state index contributed by atoms with van der Waals surface area (Å²) in [7, 11) is 0. The summed E-state index contributed by atoms with van der Waals surface area (Å²) >= 11 is 5.47. The van der Waals surface area contributed by atoms with Crippen molar-refractivity contribution >= 4 is 28.8 Å². The molecule has 0 saturated heterocycles. The van der Waals surface area contributed by atoms with Crippen molar-refractivity contribution in [1.29, 1.82) is 0 Å². The second kappa shape index (κ2) is 8.85. The number of amides is 1. The van der Waals surface area contributed by atoms with Gasteiger partial charge >= 0.3 is 0 Å². The fraction of sp³-hybridized carbons (Fsp3) is 0.300. The molecule has 1 N–H and O–H groups in total. The van der Waals surface area contributed by atoms with E-state index in [4.69, 9.17) is 12.2 Å². The highest BCUT2D eigenvalue weighted by atomic mass is 32.1. The molecule has 0 aliphatic rings. The predicted molar refractivity (Wildman–Crippen MR) is 104 cm³/mol. The van der Waals surface area contributed by atoms with Crippen molar-refractivity contribution in [2.75, 3.05) is 5.32 Å². The molecule has 3 nitrogen and oxygen atoms in total. The van der Waals surface area contributed by atoms with Crippen molar-refractivity contribution in [3.63, 3.8) is 0 Å². The molecule has 0 spiro atoms. The second-order valence-corrected chi connectivity index (χ2v) is 6.87. The first-order valence-electron chi connectivity index (χ1n) is 8.36. The number of benzene rings is 2. The summed E-state index contributed by atoms with van der Waals surface area (Å²) in [4.78, 5) is 14.3. The van der Waals surface area contributed by atoms with Crippen molar-refractivity contribution in [3.05, 3.63) is 65.7 Å². The van der Waals surface area contributed by atoms with Gasteiger partial charge in [0.05, 0.1) is 11.7 Å². The number of hydrogen-bond acceptors (Lipinski definition) is 2. The molecule has 1 amide bonds. The summed E-state index contributed by atoms with van der Waals surface area (Å²) in [5.41, 5.74) is 1.06. The standard InChI is InChI=1S/C20H22F2N2OS/c1-13(2)19(20(26)23-18-10-9-16(21)11-17(18)22)24(14(3)25)12-15-7-5-4-6-8-15/h4-11,13,19H,12H2,1-3H3,(H,23,26). The molecule has 0 saturated carbocycles. The maximum Gasteiger partial charge on any atom is 0.220 e. The lowest BCUT2D eigenvalue weighted by Crippen LogP contribution is -2.48. The third-order valence-corrected chi connectivity index (χ3v) is 4.37. The maximum absolute atomic E-state index is 13.9. The van der Waals surface area contributed by atoms with Gasteiger partial charge < -0.3 is 10.2 Å². The third kappa shape index (κ3) is 5.08. The topological polar surface area (TPSA) is 32.3 Å². The van der Waals surface area contributed by atoms with Crippen molar-refractivity contribution in [1.82, 2.24) is 4.90 Å². The van der Waals surface area contributed by atoms with Gasteiger partial charge in [0.15, 0.2) is 0 Å². The number of thiocarbonyl (C=S) groups is 1. The lowest BCUT2D eigenvalue weighted by molar-refractivity contribution is -0.131. The molecule has 2 rings (SSSR count). The number of anilines is 1. The minimum Gasteiger partial charge on any atom is -0.346 e. The molecular weight excluding hydrogens is 354 g/mol. The van der Waals surface area contributed by atoms with E-state index in [9.17, 15) is 13.6 Å². The summed E-state index contributed by atoms with van der Waals surface area (Å²) in [5, 5.41) is 2.84. The van der Waals surface area contributed by atoms with Crippen molar-refractivity contribution < 1.29 is 13.6 Å². The first-order chi connectivity index (χ1) is 12.3. The van der Waals surface area contributed by atoms with E-state index in [1.54, 1.807) is 4.90 Å². The van der Waals surface area contributed by atoms with Crippen LogP contribution in [-0.4, -0.2) is 21.8 Å². The Morgan fingerprint density at radius 1 is 1.15 bits per heavy atom. The van der Waals surface area contributed by atoms with Crippen molar-refractivity contribution in [2.24, 2.45) is 5.92 Å². The van der Waals surface area contributed by atoms with E-state index in [2.05, 4.69) is 5.32 Å². The van der Waals surface area contributed by atoms with Gasteiger partial charge in [-0.3, -0.25) is 4.79 Å². The van der Waals surface area contributed by atoms with E-state index in [0.717, 1.165) is 17.7 Å². The van der Waals surface area contributed by atoms with E-state index in [1.807, 2.05) is 44.2 Å². The Balaban J connectivity index is 2.26. The van der Waals surface area contributed by atoms with Gasteiger partial charge in [-0.1, -0.05) is 56.4 Å². The summed E-state index contributed by atoms with van der Waals surface area (Å²) in [6, 6.07) is 12.4. The lowest BCUT2D eigenvalue weighted by atomic mass is 10.0. The molecule has 0 aliphatic carbocycles. The van der Waals surface area contributed by atoms with E-state index < -0.39 is 17.7 Å². The summed E-state index contributed by atoms with van der Waals surface area (Å²) < 4.78 is 27.0. The molecular formula is C20H22F2N2OS. The normalized spacial score (nSPS) is 11.9. The van der Waals surface area contributed by atoms with Crippen LogP contribution in [0.3, 0.4) is 0 Å². The van der Waals surface area contributed by atoms with Crippen LogP contribution in [0.4, 0.5) is 14.5 Å². The molecule has 0 heterocycles. The van der Waals surface area contributed by atoms with Crippen LogP contribution in [0, 0.1) is 17.6 Å². The Bertz CT molecular complexity index is 781. The van der Waals surface area contributed by atoms with Crippen LogP contribution in [0.1, 0.15) is 26.3 Å². The summed E-state index contributed by atoms with van der Waals surface area (Å²) in [5.74, 6) is -1.51. The van der Waals surface area contributed by atoms with Gasteiger partial charge in [-0.15, -0.1) is 0 Å². The smallest absolute Gasteiger partial charge is 0.220 e. The molecule has 0 bridgehead atoms. The van der Waals surface area contributed by atoms with Crippen molar-refractivity contribution in [3.8, 4) is 0 Å². The zero-order chi connectivity index (χ0) is 19.3. The Morgan fingerprint density at radius 3 is 2.35 bits per heavy atom. The summed E-state index contributed by atoms with van der Waals surface area (Å²) in [6.45, 7) is 5.77. The van der Waals surface area contributed by atoms with Gasteiger partial charge in [0, 0.05) is 19.5 Å². The van der Waals surface area contributed by atoms with Crippen LogP contribution in [0.25, 0.3) is 0 Å². The number of rotatable bonds is 6. The van der Waals surface area contributed by atoms with E-state index in [-0.39, 0.29) is 17.5 Å². The number of hydrogen-bond donors (Lipinski definition) is 1. The average Bonchev–Trinajstić information content (AvgIpc) is 2.57. The SMILES string of the molecule is CC(=O)N(Cc1ccccc1)C(C(=S)Nc1ccc(F)cc1F)C(C)C. The summed E-state index contributed by atoms with van der Waals surface area (Å²) in [6.07, 6.45) is 0. The maximum atomic E-state index is 13.9. The molecule has 0 radical (unpaired) electrons. The molecule has 1 atom stereocenters. The third-order valence-electron chi connectivity index (χ3n) is 4.03. The molecule has 138 valence electrons. The number of carbonyl (C=O) groups is 1. The molecule has 26 heavy (non-hydrogen) atoms. The lowest BCUT2D eigenvalue weighted by Gasteiger charge is -2.34. The molecule has 0 aromatic heterocycles. The van der Waals surface area contributed by atoms with Gasteiger partial charge in [0.2, 0.25) is 5.91 Å². The van der Waals surface area contributed by atoms with Gasteiger partial charge in [-0.05, 0) is 23.6 Å². The Kier molecular flexibility index (Phi) is 6.80. The van der Waals surface area contributed by atoms with Gasteiger partial charge in [-0.25, -0.2) is 8.78 Å². The first kappa shape index (κ1) is 20.0. The van der Waals surface area contributed by atoms with Crippen LogP contribution in [0.5, 0.6) is 0 Å². The molecule has 0 fully saturated rings. The fourth-order valence-corrected chi connectivity index (χ4v) is 3.30. The van der Waals surface area contributed by atoms with E-state index in [0.29, 0.717) is 11.5 Å². The number of halogens is 2. The van der Waals surface area contributed by atoms with Gasteiger partial charge in [-0.2, -0.15) is 0 Å². The van der Waals surface area contributed by atoms with E-state index >= 15 is 0 Å². The largest absolute Gasteiger partial charge is 0.346 e. The second-order valence-electron chi connectivity index (χ2n) is 6.43. The first-order valence-corrected chi connectivity index (χ1v) is 8.77. The van der Waals surface area contributed by atoms with Crippen LogP contribution in [0.2, 0.25) is 0 Å². The minimum atomic E-state index is -0.729. The number of nitrogens with one attached hydrogen (secondary N) is 1. The highest BCUT2D eigenvalue weighted by Crippen LogP contribution is 2.21. The monoisotopic (exact) mass is 376 g/mol. The minimum absolute atomic E-state index is 0.00567. The zero-order valence-electron chi connectivity index (χ0n) is 15.0. The van der Waals surface area contributed by atoms with Gasteiger partial charge in [0.1, 0.15) is 16.6 Å². The highest BCUT2D eigenvalue weighted by molar-refractivity contribution is 7.80. The highest BCUT2D eigenvalue weighted by Gasteiger charge is 2.28. The Hall–Kier alpha value is -2.34. The molecule has 2 aromatic carbocycles. The van der Waals surface area contributed by atoms with Crippen LogP contribution in [0.15, 0.2) is 48.5 Å². The van der Waals surface area contributed by atoms with Gasteiger partial charge in [0.25, 0.3) is 0 Å². The average molecular weight is 376 g/mol. The van der Waals surface area contributed by atoms with Crippen LogP contribution < -0.4 is 5.32 Å². The predicted octanol–water partition coefficient (Wildman–Crippen LogP) is 4.78.